The highest BCUT2D eigenvalue weighted by atomic mass is 32.1. The van der Waals surface area contributed by atoms with Crippen LogP contribution in [-0.2, 0) is 0 Å². The molecule has 0 saturated heterocycles. The largest absolute Gasteiger partial charge is 0.367 e. The van der Waals surface area contributed by atoms with Gasteiger partial charge in [-0.25, -0.2) is 0 Å². The van der Waals surface area contributed by atoms with Gasteiger partial charge in [0.05, 0.1) is 0 Å². The van der Waals surface area contributed by atoms with Crippen LogP contribution in [0.2, 0.25) is 0 Å². The van der Waals surface area contributed by atoms with Gasteiger partial charge < -0.3 is 11.1 Å². The Morgan fingerprint density at radius 1 is 1.43 bits per heavy atom. The standard InChI is InChI=1S/C9H16N4S/c1-5-3-4-7(6(5)2)11-9-12-8(10)13-14-9/h5-7H,3-4H2,1-2H3,(H3,10,11,12,13). The molecule has 3 N–H and O–H groups in total. The number of nitrogens with two attached hydrogens (primary N) is 1. The van der Waals surface area contributed by atoms with Gasteiger partial charge in [-0.15, -0.1) is 0 Å². The zero-order valence-corrected chi connectivity index (χ0v) is 9.34. The first-order chi connectivity index (χ1) is 6.66. The smallest absolute Gasteiger partial charge is 0.233 e. The van der Waals surface area contributed by atoms with Crippen LogP contribution in [0.25, 0.3) is 0 Å². The highest BCUT2D eigenvalue weighted by molar-refractivity contribution is 7.09. The van der Waals surface area contributed by atoms with Crippen LogP contribution >= 0.6 is 11.5 Å². The average Bonchev–Trinajstić information content (AvgIpc) is 2.67. The molecule has 14 heavy (non-hydrogen) atoms. The van der Waals surface area contributed by atoms with Crippen molar-refractivity contribution in [1.82, 2.24) is 9.36 Å². The highest BCUT2D eigenvalue weighted by Crippen LogP contribution is 2.33. The van der Waals surface area contributed by atoms with Crippen molar-refractivity contribution >= 4 is 22.6 Å². The van der Waals surface area contributed by atoms with Gasteiger partial charge in [-0.1, -0.05) is 13.8 Å². The van der Waals surface area contributed by atoms with Crippen molar-refractivity contribution in [2.24, 2.45) is 11.8 Å². The lowest BCUT2D eigenvalue weighted by molar-refractivity contribution is 0.435. The van der Waals surface area contributed by atoms with Crippen LogP contribution in [0.1, 0.15) is 26.7 Å². The third-order valence-corrected chi connectivity index (χ3v) is 3.88. The van der Waals surface area contributed by atoms with Crippen molar-refractivity contribution in [2.75, 3.05) is 11.1 Å². The van der Waals surface area contributed by atoms with Crippen molar-refractivity contribution in [3.63, 3.8) is 0 Å². The van der Waals surface area contributed by atoms with Gasteiger partial charge in [-0.2, -0.15) is 9.36 Å². The minimum Gasteiger partial charge on any atom is -0.367 e. The lowest BCUT2D eigenvalue weighted by Crippen LogP contribution is -2.23. The number of nitrogens with zero attached hydrogens (tertiary/aromatic N) is 2. The Morgan fingerprint density at radius 3 is 2.71 bits per heavy atom. The van der Waals surface area contributed by atoms with Crippen molar-refractivity contribution in [1.29, 1.82) is 0 Å². The monoisotopic (exact) mass is 212 g/mol. The molecule has 0 amide bonds. The number of nitrogens with one attached hydrogen (secondary N) is 1. The van der Waals surface area contributed by atoms with Crippen LogP contribution in [0.4, 0.5) is 11.1 Å². The van der Waals surface area contributed by atoms with E-state index < -0.39 is 0 Å². The van der Waals surface area contributed by atoms with Crippen LogP contribution in [-0.4, -0.2) is 15.4 Å². The Bertz CT molecular complexity index is 312. The quantitative estimate of drug-likeness (QED) is 0.786. The fourth-order valence-corrected chi connectivity index (χ4v) is 2.58. The van der Waals surface area contributed by atoms with E-state index >= 15 is 0 Å². The summed E-state index contributed by atoms with van der Waals surface area (Å²) in [5.41, 5.74) is 5.46. The molecule has 0 aromatic carbocycles. The topological polar surface area (TPSA) is 63.8 Å². The molecular formula is C9H16N4S. The van der Waals surface area contributed by atoms with Gasteiger partial charge in [-0.05, 0) is 24.7 Å². The lowest BCUT2D eigenvalue weighted by atomic mass is 9.98. The minimum absolute atomic E-state index is 0.371. The van der Waals surface area contributed by atoms with Gasteiger partial charge >= 0.3 is 0 Å². The van der Waals surface area contributed by atoms with E-state index in [1.807, 2.05) is 0 Å². The van der Waals surface area contributed by atoms with Crippen LogP contribution in [0.5, 0.6) is 0 Å². The van der Waals surface area contributed by atoms with Gasteiger partial charge in [0.1, 0.15) is 0 Å². The molecule has 1 aromatic heterocycles. The zero-order chi connectivity index (χ0) is 10.1. The van der Waals surface area contributed by atoms with Gasteiger partial charge in [-0.3, -0.25) is 0 Å². The molecule has 78 valence electrons. The maximum absolute atomic E-state index is 5.46. The molecule has 0 bridgehead atoms. The molecule has 3 atom stereocenters. The second kappa shape index (κ2) is 3.73. The maximum Gasteiger partial charge on any atom is 0.233 e. The van der Waals surface area contributed by atoms with Gasteiger partial charge in [0.15, 0.2) is 0 Å². The molecule has 1 aromatic rings. The third-order valence-electron chi connectivity index (χ3n) is 3.22. The Hall–Kier alpha value is -0.840. The highest BCUT2D eigenvalue weighted by Gasteiger charge is 2.30. The first kappa shape index (κ1) is 9.71. The van der Waals surface area contributed by atoms with E-state index in [1.54, 1.807) is 0 Å². The predicted octanol–water partition coefficient (Wildman–Crippen LogP) is 1.97. The van der Waals surface area contributed by atoms with E-state index in [1.165, 1.54) is 24.4 Å². The van der Waals surface area contributed by atoms with Gasteiger partial charge in [0.2, 0.25) is 11.1 Å². The molecule has 3 unspecified atom stereocenters. The summed E-state index contributed by atoms with van der Waals surface area (Å²) >= 11 is 1.34. The average molecular weight is 212 g/mol. The zero-order valence-electron chi connectivity index (χ0n) is 8.53. The molecule has 1 saturated carbocycles. The molecule has 0 aliphatic heterocycles. The molecule has 4 nitrogen and oxygen atoms in total. The third kappa shape index (κ3) is 1.82. The fourth-order valence-electron chi connectivity index (χ4n) is 2.02. The summed E-state index contributed by atoms with van der Waals surface area (Å²) in [7, 11) is 0. The molecule has 1 aliphatic carbocycles. The summed E-state index contributed by atoms with van der Waals surface area (Å²) in [6, 6.07) is 0.539. The molecule has 1 fully saturated rings. The van der Waals surface area contributed by atoms with E-state index in [4.69, 9.17) is 5.73 Å². The Balaban J connectivity index is 1.98. The first-order valence-corrected chi connectivity index (χ1v) is 5.80. The molecule has 1 aliphatic rings. The van der Waals surface area contributed by atoms with E-state index in [-0.39, 0.29) is 0 Å². The van der Waals surface area contributed by atoms with Crippen LogP contribution in [0, 0.1) is 11.8 Å². The van der Waals surface area contributed by atoms with E-state index in [2.05, 4.69) is 28.5 Å². The normalized spacial score (nSPS) is 32.0. The Morgan fingerprint density at radius 2 is 2.21 bits per heavy atom. The fraction of sp³-hybridized carbons (Fsp3) is 0.778. The molecule has 0 radical (unpaired) electrons. The van der Waals surface area contributed by atoms with Gasteiger partial charge in [0.25, 0.3) is 0 Å². The Kier molecular flexibility index (Phi) is 2.58. The summed E-state index contributed by atoms with van der Waals surface area (Å²) in [5.74, 6) is 1.88. The first-order valence-electron chi connectivity index (χ1n) is 5.02. The van der Waals surface area contributed by atoms with E-state index in [9.17, 15) is 0 Å². The SMILES string of the molecule is CC1CCC(Nc2nc(N)ns2)C1C. The lowest BCUT2D eigenvalue weighted by Gasteiger charge is -2.18. The summed E-state index contributed by atoms with van der Waals surface area (Å²) in [5, 5.41) is 4.26. The Labute approximate surface area is 88.1 Å². The number of aromatic nitrogens is 2. The molecule has 1 heterocycles. The maximum atomic E-state index is 5.46. The van der Waals surface area contributed by atoms with Crippen LogP contribution in [0.3, 0.4) is 0 Å². The molecule has 5 heteroatoms. The van der Waals surface area contributed by atoms with Crippen molar-refractivity contribution in [2.45, 2.75) is 32.7 Å². The summed E-state index contributed by atoms with van der Waals surface area (Å²) < 4.78 is 3.95. The second-order valence-electron chi connectivity index (χ2n) is 4.12. The number of hydrogen-bond donors (Lipinski definition) is 2. The number of anilines is 2. The van der Waals surface area contributed by atoms with E-state index in [0.29, 0.717) is 17.9 Å². The van der Waals surface area contributed by atoms with Crippen molar-refractivity contribution in [3.8, 4) is 0 Å². The summed E-state index contributed by atoms with van der Waals surface area (Å²) in [6.07, 6.45) is 2.52. The van der Waals surface area contributed by atoms with E-state index in [0.717, 1.165) is 11.0 Å². The van der Waals surface area contributed by atoms with Crippen LogP contribution < -0.4 is 11.1 Å². The molecule has 2 rings (SSSR count). The number of nitrogen functional groups attached to an aromatic ring is 1. The predicted molar refractivity (Wildman–Crippen MR) is 59.3 cm³/mol. The number of hydrogen-bond acceptors (Lipinski definition) is 5. The molecular weight excluding hydrogens is 196 g/mol. The van der Waals surface area contributed by atoms with Crippen molar-refractivity contribution in [3.05, 3.63) is 0 Å². The van der Waals surface area contributed by atoms with Crippen LogP contribution in [0.15, 0.2) is 0 Å². The summed E-state index contributed by atoms with van der Waals surface area (Å²) in [4.78, 5) is 4.11. The van der Waals surface area contributed by atoms with Crippen molar-refractivity contribution < 1.29 is 0 Å². The van der Waals surface area contributed by atoms with Gasteiger partial charge in [0, 0.05) is 17.6 Å². The molecule has 0 spiro atoms. The summed E-state index contributed by atoms with van der Waals surface area (Å²) in [6.45, 7) is 4.60. The second-order valence-corrected chi connectivity index (χ2v) is 4.87. The number of rotatable bonds is 2. The minimum atomic E-state index is 0.371.